The molecule has 3 N–H and O–H groups in total. The van der Waals surface area contributed by atoms with Gasteiger partial charge in [-0.15, -0.1) is 0 Å². The highest BCUT2D eigenvalue weighted by molar-refractivity contribution is 5.76. The molecule has 1 amide bonds. The van der Waals surface area contributed by atoms with E-state index in [1.165, 1.54) is 283 Å². The van der Waals surface area contributed by atoms with Gasteiger partial charge in [0.05, 0.1) is 18.8 Å². The summed E-state index contributed by atoms with van der Waals surface area (Å²) < 4.78 is 0. The van der Waals surface area contributed by atoms with Crippen LogP contribution in [-0.4, -0.2) is 34.9 Å². The molecule has 2 atom stereocenters. The van der Waals surface area contributed by atoms with E-state index in [1.54, 1.807) is 0 Å². The number of hydrogen-bond donors (Lipinski definition) is 3. The summed E-state index contributed by atoms with van der Waals surface area (Å²) in [7, 11) is 0. The van der Waals surface area contributed by atoms with Gasteiger partial charge in [0.25, 0.3) is 0 Å². The molecule has 0 bridgehead atoms. The van der Waals surface area contributed by atoms with Crippen LogP contribution in [0.15, 0.2) is 24.3 Å². The van der Waals surface area contributed by atoms with Crippen LogP contribution in [0.4, 0.5) is 0 Å². The van der Waals surface area contributed by atoms with Crippen molar-refractivity contribution in [2.45, 2.75) is 353 Å². The number of carbonyl (C=O) groups is 1. The molecular formula is C61H119NO3. The monoisotopic (exact) mass is 914 g/mol. The quantitative estimate of drug-likeness (QED) is 0.0421. The Morgan fingerprint density at radius 3 is 0.923 bits per heavy atom. The second-order valence-corrected chi connectivity index (χ2v) is 20.8. The normalized spacial score (nSPS) is 12.9. The van der Waals surface area contributed by atoms with Crippen LogP contribution in [-0.2, 0) is 4.79 Å². The molecule has 0 radical (unpaired) electrons. The van der Waals surface area contributed by atoms with E-state index in [2.05, 4.69) is 43.5 Å². The molecule has 65 heavy (non-hydrogen) atoms. The third-order valence-electron chi connectivity index (χ3n) is 14.2. The Kier molecular flexibility index (Phi) is 56.2. The van der Waals surface area contributed by atoms with Crippen molar-refractivity contribution < 1.29 is 15.0 Å². The second-order valence-electron chi connectivity index (χ2n) is 20.8. The fourth-order valence-corrected chi connectivity index (χ4v) is 9.63. The average molecular weight is 915 g/mol. The van der Waals surface area contributed by atoms with Gasteiger partial charge in [0.2, 0.25) is 5.91 Å². The summed E-state index contributed by atoms with van der Waals surface area (Å²) in [5.41, 5.74) is 0. The molecule has 4 heteroatoms. The largest absolute Gasteiger partial charge is 0.394 e. The highest BCUT2D eigenvalue weighted by Crippen LogP contribution is 2.18. The lowest BCUT2D eigenvalue weighted by Crippen LogP contribution is -2.45. The fraction of sp³-hybridized carbons (Fsp3) is 0.918. The first-order valence-corrected chi connectivity index (χ1v) is 30.0. The minimum atomic E-state index is -0.657. The van der Waals surface area contributed by atoms with Gasteiger partial charge >= 0.3 is 0 Å². The number of allylic oxidation sites excluding steroid dienone is 4. The van der Waals surface area contributed by atoms with Gasteiger partial charge < -0.3 is 15.5 Å². The predicted octanol–water partition coefficient (Wildman–Crippen LogP) is 19.9. The summed E-state index contributed by atoms with van der Waals surface area (Å²) in [6.07, 6.45) is 76.3. The van der Waals surface area contributed by atoms with Gasteiger partial charge in [0.1, 0.15) is 0 Å². The third-order valence-corrected chi connectivity index (χ3v) is 14.2. The molecule has 0 aliphatic heterocycles. The Labute approximate surface area is 409 Å². The molecule has 0 spiro atoms. The molecule has 2 unspecified atom stereocenters. The first-order chi connectivity index (χ1) is 32.2. The maximum absolute atomic E-state index is 12.5. The van der Waals surface area contributed by atoms with Crippen molar-refractivity contribution in [2.24, 2.45) is 0 Å². The van der Waals surface area contributed by atoms with E-state index in [0.717, 1.165) is 32.1 Å². The standard InChI is InChI=1S/C61H119NO3/c1-3-5-7-9-11-13-15-17-19-20-21-22-23-24-25-26-27-28-29-30-31-32-33-34-35-36-37-38-39-40-41-42-43-45-47-49-51-53-55-57-61(65)62-59(58-63)60(64)56-54-52-50-48-46-44-18-16-14-12-10-8-6-4-2/h27-28,30-31,59-60,63-64H,3-26,29,32-58H2,1-2H3,(H,62,65)/b28-27-,31-30-. The minimum absolute atomic E-state index is 0.0264. The number of aliphatic hydroxyl groups is 2. The van der Waals surface area contributed by atoms with Gasteiger partial charge in [-0.2, -0.15) is 0 Å². The van der Waals surface area contributed by atoms with Crippen molar-refractivity contribution in [3.8, 4) is 0 Å². The maximum atomic E-state index is 12.5. The number of unbranched alkanes of at least 4 members (excludes halogenated alkanes) is 45. The summed E-state index contributed by atoms with van der Waals surface area (Å²) in [5, 5.41) is 23.3. The van der Waals surface area contributed by atoms with E-state index in [0.29, 0.717) is 12.8 Å². The van der Waals surface area contributed by atoms with Crippen LogP contribution in [0.2, 0.25) is 0 Å². The summed E-state index contributed by atoms with van der Waals surface area (Å²) >= 11 is 0. The van der Waals surface area contributed by atoms with Crippen molar-refractivity contribution in [3.05, 3.63) is 24.3 Å². The predicted molar refractivity (Wildman–Crippen MR) is 290 cm³/mol. The highest BCUT2D eigenvalue weighted by Gasteiger charge is 2.20. The van der Waals surface area contributed by atoms with Crippen molar-refractivity contribution in [1.82, 2.24) is 5.32 Å². The molecule has 4 nitrogen and oxygen atoms in total. The van der Waals surface area contributed by atoms with Crippen LogP contribution in [0.5, 0.6) is 0 Å². The summed E-state index contributed by atoms with van der Waals surface area (Å²) in [6.45, 7) is 4.39. The SMILES string of the molecule is CCCCCCCCCCCCCCCCC/C=C\C/C=C\CCCCCCCCCCCCCCCCCCCC(=O)NC(CO)C(O)CCCCCCCCCCCCCCCC. The summed E-state index contributed by atoms with van der Waals surface area (Å²) in [4.78, 5) is 12.5. The molecule has 0 saturated carbocycles. The number of rotatable bonds is 56. The molecule has 0 aromatic carbocycles. The third kappa shape index (κ3) is 53.7. The van der Waals surface area contributed by atoms with Crippen LogP contribution < -0.4 is 5.32 Å². The van der Waals surface area contributed by atoms with Crippen LogP contribution in [0.3, 0.4) is 0 Å². The fourth-order valence-electron chi connectivity index (χ4n) is 9.63. The molecule has 0 saturated heterocycles. The topological polar surface area (TPSA) is 69.6 Å². The molecule has 386 valence electrons. The maximum Gasteiger partial charge on any atom is 0.220 e. The van der Waals surface area contributed by atoms with Crippen LogP contribution in [0.25, 0.3) is 0 Å². The highest BCUT2D eigenvalue weighted by atomic mass is 16.3. The summed E-state index contributed by atoms with van der Waals surface area (Å²) in [5.74, 6) is -0.0264. The van der Waals surface area contributed by atoms with E-state index in [4.69, 9.17) is 0 Å². The molecule has 0 aliphatic carbocycles. The Balaban J connectivity index is 3.38. The van der Waals surface area contributed by atoms with E-state index in [9.17, 15) is 15.0 Å². The van der Waals surface area contributed by atoms with E-state index in [-0.39, 0.29) is 12.5 Å². The van der Waals surface area contributed by atoms with Gasteiger partial charge in [-0.3, -0.25) is 4.79 Å². The average Bonchev–Trinajstić information content (AvgIpc) is 3.31. The number of aliphatic hydroxyl groups excluding tert-OH is 2. The lowest BCUT2D eigenvalue weighted by Gasteiger charge is -2.22. The van der Waals surface area contributed by atoms with Crippen molar-refractivity contribution in [3.63, 3.8) is 0 Å². The molecule has 0 rings (SSSR count). The number of amides is 1. The van der Waals surface area contributed by atoms with Gasteiger partial charge in [-0.25, -0.2) is 0 Å². The van der Waals surface area contributed by atoms with E-state index in [1.807, 2.05) is 0 Å². The van der Waals surface area contributed by atoms with Gasteiger partial charge in [0, 0.05) is 6.42 Å². The Morgan fingerprint density at radius 2 is 0.631 bits per heavy atom. The molecule has 0 aromatic rings. The smallest absolute Gasteiger partial charge is 0.220 e. The number of hydrogen-bond acceptors (Lipinski definition) is 3. The zero-order chi connectivity index (χ0) is 47.0. The second kappa shape index (κ2) is 57.2. The Hall–Kier alpha value is -1.13. The van der Waals surface area contributed by atoms with Crippen LogP contribution in [0, 0.1) is 0 Å². The molecule has 0 aliphatic rings. The van der Waals surface area contributed by atoms with Crippen molar-refractivity contribution >= 4 is 5.91 Å². The van der Waals surface area contributed by atoms with Crippen molar-refractivity contribution in [2.75, 3.05) is 6.61 Å². The molecule has 0 aromatic heterocycles. The zero-order valence-corrected chi connectivity index (χ0v) is 44.5. The number of nitrogens with one attached hydrogen (secondary N) is 1. The molecular weight excluding hydrogens is 795 g/mol. The van der Waals surface area contributed by atoms with Gasteiger partial charge in [-0.05, 0) is 44.9 Å². The van der Waals surface area contributed by atoms with E-state index >= 15 is 0 Å². The molecule has 0 heterocycles. The summed E-state index contributed by atoms with van der Waals surface area (Å²) in [6, 6.07) is -0.534. The first-order valence-electron chi connectivity index (χ1n) is 30.0. The van der Waals surface area contributed by atoms with Crippen molar-refractivity contribution in [1.29, 1.82) is 0 Å². The zero-order valence-electron chi connectivity index (χ0n) is 44.5. The van der Waals surface area contributed by atoms with Crippen LogP contribution >= 0.6 is 0 Å². The van der Waals surface area contributed by atoms with Gasteiger partial charge in [-0.1, -0.05) is 314 Å². The lowest BCUT2D eigenvalue weighted by atomic mass is 10.0. The van der Waals surface area contributed by atoms with Crippen LogP contribution in [0.1, 0.15) is 341 Å². The first kappa shape index (κ1) is 63.9. The number of carbonyl (C=O) groups excluding carboxylic acids is 1. The Bertz CT molecular complexity index is 947. The minimum Gasteiger partial charge on any atom is -0.394 e. The molecule has 0 fully saturated rings. The van der Waals surface area contributed by atoms with Gasteiger partial charge in [0.15, 0.2) is 0 Å². The van der Waals surface area contributed by atoms with E-state index < -0.39 is 12.1 Å². The lowest BCUT2D eigenvalue weighted by molar-refractivity contribution is -0.123. The Morgan fingerprint density at radius 1 is 0.369 bits per heavy atom.